The Bertz CT molecular complexity index is 1540. The van der Waals surface area contributed by atoms with Crippen molar-refractivity contribution >= 4 is 5.65 Å². The lowest BCUT2D eigenvalue weighted by Gasteiger charge is -2.38. The van der Waals surface area contributed by atoms with E-state index >= 15 is 0 Å². The van der Waals surface area contributed by atoms with Crippen LogP contribution in [0.2, 0.25) is 0 Å². The van der Waals surface area contributed by atoms with Gasteiger partial charge >= 0.3 is 0 Å². The van der Waals surface area contributed by atoms with Gasteiger partial charge in [0.05, 0.1) is 29.0 Å². The van der Waals surface area contributed by atoms with E-state index in [-0.39, 0.29) is 11.4 Å². The number of fused-ring (bicyclic) bond motifs is 1. The number of aromatic hydroxyl groups is 1. The van der Waals surface area contributed by atoms with Crippen molar-refractivity contribution in [3.63, 3.8) is 0 Å². The highest BCUT2D eigenvalue weighted by molar-refractivity contribution is 5.74. The molecule has 4 aromatic heterocycles. The zero-order chi connectivity index (χ0) is 24.1. The minimum absolute atomic E-state index is 0.0608. The van der Waals surface area contributed by atoms with Crippen LogP contribution in [0.25, 0.3) is 28.0 Å². The molecule has 0 saturated carbocycles. The van der Waals surface area contributed by atoms with Crippen molar-refractivity contribution in [2.24, 2.45) is 7.05 Å². The summed E-state index contributed by atoms with van der Waals surface area (Å²) in [6.07, 6.45) is 5.35. The third-order valence-electron chi connectivity index (χ3n) is 6.33. The maximum absolute atomic E-state index is 14.5. The van der Waals surface area contributed by atoms with E-state index in [0.717, 1.165) is 36.7 Å². The largest absolute Gasteiger partial charge is 0.507 e. The van der Waals surface area contributed by atoms with E-state index in [2.05, 4.69) is 30.3 Å². The lowest BCUT2D eigenvalue weighted by atomic mass is 9.95. The van der Waals surface area contributed by atoms with Gasteiger partial charge in [0.1, 0.15) is 5.75 Å². The normalized spacial score (nSPS) is 14.5. The van der Waals surface area contributed by atoms with Crippen molar-refractivity contribution in [2.75, 3.05) is 13.1 Å². The molecule has 0 aliphatic carbocycles. The lowest BCUT2D eigenvalue weighted by molar-refractivity contribution is 0.134. The first kappa shape index (κ1) is 21.4. The first-order valence-electron chi connectivity index (χ1n) is 11.3. The topological polar surface area (TPSA) is 97.3 Å². The lowest BCUT2D eigenvalue weighted by Crippen LogP contribution is -2.44. The number of rotatable bonds is 5. The Balaban J connectivity index is 1.17. The van der Waals surface area contributed by atoms with Gasteiger partial charge in [0.2, 0.25) is 0 Å². The van der Waals surface area contributed by atoms with Crippen LogP contribution in [-0.2, 0) is 13.6 Å². The standard InChI is InChI=1S/C25H23FN8O/c1-15-10-34-13-17(7-21(26)25(34)28-15)16-3-4-20(24(35)8-16)23-6-5-22(29-30-23)18-11-33(12-18)14-19-9-27-32(2)31-19/h3-10,13,18,35H,11-12,14H2,1-2H3. The number of hydrogen-bond acceptors (Lipinski definition) is 7. The second kappa shape index (κ2) is 8.24. The third kappa shape index (κ3) is 4.01. The molecular formula is C25H23FN8O. The minimum Gasteiger partial charge on any atom is -0.507 e. The maximum atomic E-state index is 14.5. The number of phenols is 1. The molecule has 0 bridgehead atoms. The Kier molecular flexibility index (Phi) is 5.03. The number of pyridine rings is 1. The van der Waals surface area contributed by atoms with Crippen LogP contribution in [0.5, 0.6) is 5.75 Å². The summed E-state index contributed by atoms with van der Waals surface area (Å²) < 4.78 is 16.1. The molecule has 5 aromatic rings. The number of aromatic nitrogens is 7. The van der Waals surface area contributed by atoms with Gasteiger partial charge in [0.25, 0.3) is 0 Å². The zero-order valence-corrected chi connectivity index (χ0v) is 19.3. The molecule has 0 amide bonds. The Morgan fingerprint density at radius 3 is 2.63 bits per heavy atom. The molecule has 1 fully saturated rings. The average Bonchev–Trinajstić information content (AvgIpc) is 3.40. The highest BCUT2D eigenvalue weighted by atomic mass is 19.1. The molecule has 35 heavy (non-hydrogen) atoms. The van der Waals surface area contributed by atoms with Crippen LogP contribution < -0.4 is 0 Å². The van der Waals surface area contributed by atoms with Crippen LogP contribution in [0.1, 0.15) is 23.0 Å². The second-order valence-electron chi connectivity index (χ2n) is 8.98. The Morgan fingerprint density at radius 1 is 1.06 bits per heavy atom. The molecule has 176 valence electrons. The molecule has 6 rings (SSSR count). The molecule has 1 aliphatic rings. The highest BCUT2D eigenvalue weighted by Gasteiger charge is 2.30. The summed E-state index contributed by atoms with van der Waals surface area (Å²) in [5, 5.41) is 27.9. The molecule has 1 aliphatic heterocycles. The van der Waals surface area contributed by atoms with Crippen LogP contribution in [0.4, 0.5) is 4.39 Å². The van der Waals surface area contributed by atoms with E-state index in [1.54, 1.807) is 39.9 Å². The quantitative estimate of drug-likeness (QED) is 0.421. The summed E-state index contributed by atoms with van der Waals surface area (Å²) >= 11 is 0. The minimum atomic E-state index is -0.410. The van der Waals surface area contributed by atoms with Gasteiger partial charge in [-0.2, -0.15) is 25.2 Å². The fraction of sp³-hybridized carbons (Fsp3) is 0.240. The van der Waals surface area contributed by atoms with E-state index in [0.29, 0.717) is 28.3 Å². The fourth-order valence-electron chi connectivity index (χ4n) is 4.54. The predicted molar refractivity (Wildman–Crippen MR) is 127 cm³/mol. The van der Waals surface area contributed by atoms with Crippen molar-refractivity contribution in [3.8, 4) is 28.1 Å². The van der Waals surface area contributed by atoms with Gasteiger partial charge in [-0.15, -0.1) is 0 Å². The molecule has 0 atom stereocenters. The van der Waals surface area contributed by atoms with Crippen molar-refractivity contribution in [3.05, 3.63) is 77.9 Å². The summed E-state index contributed by atoms with van der Waals surface area (Å²) in [6, 6.07) is 10.5. The summed E-state index contributed by atoms with van der Waals surface area (Å²) in [5.41, 5.74) is 5.40. The highest BCUT2D eigenvalue weighted by Crippen LogP contribution is 2.34. The van der Waals surface area contributed by atoms with E-state index in [4.69, 9.17) is 0 Å². The van der Waals surface area contributed by atoms with E-state index in [1.807, 2.05) is 32.2 Å². The Hall–Kier alpha value is -4.18. The van der Waals surface area contributed by atoms with Gasteiger partial charge in [-0.25, -0.2) is 9.37 Å². The molecule has 0 unspecified atom stereocenters. The van der Waals surface area contributed by atoms with Crippen LogP contribution in [-0.4, -0.2) is 57.7 Å². The predicted octanol–water partition coefficient (Wildman–Crippen LogP) is 3.34. The Labute approximate surface area is 200 Å². The molecule has 10 heteroatoms. The number of aryl methyl sites for hydroxylation is 2. The van der Waals surface area contributed by atoms with E-state index < -0.39 is 5.82 Å². The number of halogens is 1. The monoisotopic (exact) mass is 470 g/mol. The third-order valence-corrected chi connectivity index (χ3v) is 6.33. The SMILES string of the molecule is Cc1cn2cc(-c3ccc(-c4ccc(C5CN(Cc6cnn(C)n6)C5)nn4)c(O)c3)cc(F)c2n1. The van der Waals surface area contributed by atoms with Crippen LogP contribution in [0.15, 0.2) is 55.0 Å². The summed E-state index contributed by atoms with van der Waals surface area (Å²) in [6.45, 7) is 4.37. The number of hydrogen-bond donors (Lipinski definition) is 1. The number of benzene rings is 1. The van der Waals surface area contributed by atoms with Crippen molar-refractivity contribution in [1.82, 2.24) is 39.5 Å². The summed E-state index contributed by atoms with van der Waals surface area (Å²) in [7, 11) is 1.81. The fourth-order valence-corrected chi connectivity index (χ4v) is 4.54. The van der Waals surface area contributed by atoms with Crippen molar-refractivity contribution in [2.45, 2.75) is 19.4 Å². The van der Waals surface area contributed by atoms with Crippen LogP contribution in [0.3, 0.4) is 0 Å². The van der Waals surface area contributed by atoms with Crippen molar-refractivity contribution in [1.29, 1.82) is 0 Å². The Morgan fingerprint density at radius 2 is 1.91 bits per heavy atom. The first-order chi connectivity index (χ1) is 16.9. The zero-order valence-electron chi connectivity index (χ0n) is 19.3. The van der Waals surface area contributed by atoms with Gasteiger partial charge in [-0.05, 0) is 42.8 Å². The van der Waals surface area contributed by atoms with E-state index in [9.17, 15) is 9.50 Å². The van der Waals surface area contributed by atoms with Gasteiger partial charge in [0, 0.05) is 56.1 Å². The molecule has 1 N–H and O–H groups in total. The number of nitrogens with zero attached hydrogens (tertiary/aromatic N) is 8. The molecule has 0 spiro atoms. The molecule has 0 radical (unpaired) electrons. The van der Waals surface area contributed by atoms with Gasteiger partial charge in [0.15, 0.2) is 11.5 Å². The molecule has 5 heterocycles. The molecule has 9 nitrogen and oxygen atoms in total. The second-order valence-corrected chi connectivity index (χ2v) is 8.98. The maximum Gasteiger partial charge on any atom is 0.173 e. The molecular weight excluding hydrogens is 447 g/mol. The number of imidazole rings is 1. The van der Waals surface area contributed by atoms with Crippen LogP contribution >= 0.6 is 0 Å². The number of likely N-dealkylation sites (tertiary alicyclic amines) is 1. The summed E-state index contributed by atoms with van der Waals surface area (Å²) in [4.78, 5) is 8.04. The summed E-state index contributed by atoms with van der Waals surface area (Å²) in [5.74, 6) is -0.0293. The van der Waals surface area contributed by atoms with Gasteiger partial charge < -0.3 is 9.51 Å². The van der Waals surface area contributed by atoms with Gasteiger partial charge in [-0.1, -0.05) is 6.07 Å². The van der Waals surface area contributed by atoms with Crippen molar-refractivity contribution < 1.29 is 9.50 Å². The van der Waals surface area contributed by atoms with Gasteiger partial charge in [-0.3, -0.25) is 4.90 Å². The number of phenolic OH excluding ortho intramolecular Hbond substituents is 1. The molecule has 1 saturated heterocycles. The average molecular weight is 471 g/mol. The molecule has 1 aromatic carbocycles. The van der Waals surface area contributed by atoms with Crippen LogP contribution in [0, 0.1) is 12.7 Å². The first-order valence-corrected chi connectivity index (χ1v) is 11.3. The van der Waals surface area contributed by atoms with E-state index in [1.165, 1.54) is 6.07 Å². The smallest absolute Gasteiger partial charge is 0.173 e.